The minimum Gasteiger partial charge on any atom is -0.493 e. The van der Waals surface area contributed by atoms with Crippen molar-refractivity contribution in [3.05, 3.63) is 106 Å². The van der Waals surface area contributed by atoms with Crippen LogP contribution in [0.5, 0.6) is 17.2 Å². The third kappa shape index (κ3) is 8.62. The molecule has 50 heavy (non-hydrogen) atoms. The highest BCUT2D eigenvalue weighted by molar-refractivity contribution is 5.73. The van der Waals surface area contributed by atoms with Gasteiger partial charge in [0.1, 0.15) is 43.1 Å². The van der Waals surface area contributed by atoms with Gasteiger partial charge in [-0.25, -0.2) is 0 Å². The summed E-state index contributed by atoms with van der Waals surface area (Å²) in [4.78, 5) is 18.2. The van der Waals surface area contributed by atoms with E-state index in [-0.39, 0.29) is 18.6 Å². The van der Waals surface area contributed by atoms with Gasteiger partial charge in [0, 0.05) is 48.6 Å². The number of carbonyl (C=O) groups is 1. The number of carbonyl (C=O) groups excluding carboxylic acids is 1. The number of nitrogens with zero attached hydrogens (tertiary/aromatic N) is 3. The number of aromatic nitrogens is 1. The lowest BCUT2D eigenvalue weighted by atomic mass is 9.93. The Hall–Kier alpha value is -4.91. The number of ether oxygens (including phenoxy) is 4. The Labute approximate surface area is 295 Å². The zero-order chi connectivity index (χ0) is 35.0. The number of nitriles is 1. The van der Waals surface area contributed by atoms with Gasteiger partial charge in [-0.3, -0.25) is 9.78 Å². The van der Waals surface area contributed by atoms with Crippen molar-refractivity contribution in [2.75, 3.05) is 33.4 Å². The number of cyclic esters (lactones) is 1. The summed E-state index contributed by atoms with van der Waals surface area (Å²) in [5, 5.41) is 12.7. The molecular formula is C41H46N4O5. The van der Waals surface area contributed by atoms with Gasteiger partial charge in [-0.1, -0.05) is 30.3 Å². The topological polar surface area (TPSA) is 106 Å². The number of benzene rings is 3. The van der Waals surface area contributed by atoms with E-state index in [2.05, 4.69) is 84.6 Å². The van der Waals surface area contributed by atoms with E-state index in [0.29, 0.717) is 43.4 Å². The second-order valence-corrected chi connectivity index (χ2v) is 13.6. The summed E-state index contributed by atoms with van der Waals surface area (Å²) < 4.78 is 24.3. The van der Waals surface area contributed by atoms with Crippen molar-refractivity contribution in [3.63, 3.8) is 0 Å². The summed E-state index contributed by atoms with van der Waals surface area (Å²) in [5.74, 6) is 2.68. The van der Waals surface area contributed by atoms with Crippen LogP contribution in [0.4, 0.5) is 0 Å². The second kappa shape index (κ2) is 16.2. The van der Waals surface area contributed by atoms with Crippen LogP contribution < -0.4 is 19.5 Å². The van der Waals surface area contributed by atoms with E-state index in [1.165, 1.54) is 25.6 Å². The first-order chi connectivity index (χ1) is 24.3. The average molecular weight is 675 g/mol. The molecule has 2 fully saturated rings. The number of esters is 1. The zero-order valence-corrected chi connectivity index (χ0v) is 29.5. The third-order valence-electron chi connectivity index (χ3n) is 9.72. The van der Waals surface area contributed by atoms with Gasteiger partial charge in [0.25, 0.3) is 0 Å². The quantitative estimate of drug-likeness (QED) is 0.153. The van der Waals surface area contributed by atoms with Gasteiger partial charge in [-0.2, -0.15) is 5.26 Å². The Balaban J connectivity index is 1.18. The molecule has 2 aliphatic heterocycles. The first-order valence-electron chi connectivity index (χ1n) is 17.4. The van der Waals surface area contributed by atoms with Crippen LogP contribution in [0.1, 0.15) is 58.2 Å². The summed E-state index contributed by atoms with van der Waals surface area (Å²) in [6.07, 6.45) is 6.00. The first kappa shape index (κ1) is 34.9. The van der Waals surface area contributed by atoms with Crippen molar-refractivity contribution in [2.45, 2.75) is 65.8 Å². The Morgan fingerprint density at radius 1 is 0.940 bits per heavy atom. The molecule has 1 N–H and O–H groups in total. The smallest absolute Gasteiger partial charge is 0.307 e. The van der Waals surface area contributed by atoms with Gasteiger partial charge < -0.3 is 29.2 Å². The van der Waals surface area contributed by atoms with Crippen LogP contribution in [0.2, 0.25) is 0 Å². The minimum atomic E-state index is -0.192. The molecule has 0 spiro atoms. The second-order valence-electron chi connectivity index (χ2n) is 13.6. The summed E-state index contributed by atoms with van der Waals surface area (Å²) in [6.45, 7) is 10.8. The number of likely N-dealkylation sites (tertiary alicyclic amines) is 1. The van der Waals surface area contributed by atoms with Crippen molar-refractivity contribution < 1.29 is 23.7 Å². The van der Waals surface area contributed by atoms with Gasteiger partial charge in [-0.15, -0.1) is 0 Å². The Morgan fingerprint density at radius 2 is 1.74 bits per heavy atom. The van der Waals surface area contributed by atoms with Crippen LogP contribution >= 0.6 is 0 Å². The Kier molecular flexibility index (Phi) is 11.3. The van der Waals surface area contributed by atoms with Crippen molar-refractivity contribution >= 4 is 5.97 Å². The van der Waals surface area contributed by atoms with Gasteiger partial charge in [0.05, 0.1) is 24.6 Å². The molecule has 0 radical (unpaired) electrons. The van der Waals surface area contributed by atoms with E-state index in [1.54, 1.807) is 12.3 Å². The van der Waals surface area contributed by atoms with E-state index in [1.807, 2.05) is 13.0 Å². The van der Waals surface area contributed by atoms with Crippen LogP contribution in [-0.4, -0.2) is 55.2 Å². The fourth-order valence-electron chi connectivity index (χ4n) is 6.81. The molecule has 0 saturated carbocycles. The fourth-order valence-corrected chi connectivity index (χ4v) is 6.81. The predicted molar refractivity (Wildman–Crippen MR) is 192 cm³/mol. The molecule has 9 heteroatoms. The largest absolute Gasteiger partial charge is 0.493 e. The Morgan fingerprint density at radius 3 is 2.52 bits per heavy atom. The van der Waals surface area contributed by atoms with Gasteiger partial charge in [0.2, 0.25) is 0 Å². The number of pyridine rings is 1. The summed E-state index contributed by atoms with van der Waals surface area (Å²) in [5.41, 5.74) is 8.90. The average Bonchev–Trinajstić information content (AvgIpc) is 3.54. The maximum atomic E-state index is 11.6. The molecule has 2 saturated heterocycles. The maximum absolute atomic E-state index is 11.6. The lowest BCUT2D eigenvalue weighted by molar-refractivity contribution is -0.137. The standard InChI is InChI=1S/C41H46N4O5/c1-27-14-34(21-44-35-16-41(46)50-26-35)40(48-24-32-15-31(18-42)19-43-20-32)17-39(27)49-25-33-9-5-10-36(28(33)2)37-11-6-12-38(29(37)3)47-23-30-8-7-13-45(4)22-30/h5-6,9-12,14-15,17,19-20,30,35,44H,7-8,13,16,21-26H2,1-4H3/t30?,35-/m1/s1. The molecule has 2 aliphatic rings. The molecule has 3 aromatic carbocycles. The summed E-state index contributed by atoms with van der Waals surface area (Å²) in [7, 11) is 2.19. The van der Waals surface area contributed by atoms with Crippen LogP contribution in [-0.2, 0) is 29.3 Å². The van der Waals surface area contributed by atoms with E-state index in [4.69, 9.17) is 18.9 Å². The molecule has 3 heterocycles. The molecule has 6 rings (SSSR count). The van der Waals surface area contributed by atoms with Crippen LogP contribution in [0.15, 0.2) is 67.0 Å². The summed E-state index contributed by atoms with van der Waals surface area (Å²) >= 11 is 0. The number of hydrogen-bond acceptors (Lipinski definition) is 9. The lowest BCUT2D eigenvalue weighted by Gasteiger charge is -2.29. The van der Waals surface area contributed by atoms with Gasteiger partial charge in [-0.05, 0) is 98.8 Å². The van der Waals surface area contributed by atoms with Crippen molar-refractivity contribution in [1.82, 2.24) is 15.2 Å². The number of nitrogens with one attached hydrogen (secondary N) is 1. The monoisotopic (exact) mass is 674 g/mol. The van der Waals surface area contributed by atoms with Crippen LogP contribution in [0.25, 0.3) is 11.1 Å². The minimum absolute atomic E-state index is 0.0480. The molecule has 260 valence electrons. The lowest BCUT2D eigenvalue weighted by Crippen LogP contribution is -2.34. The number of aryl methyl sites for hydroxylation is 1. The van der Waals surface area contributed by atoms with E-state index in [9.17, 15) is 10.1 Å². The molecule has 0 bridgehead atoms. The maximum Gasteiger partial charge on any atom is 0.307 e. The normalized spacial score (nSPS) is 17.6. The van der Waals surface area contributed by atoms with Crippen molar-refractivity contribution in [3.8, 4) is 34.4 Å². The van der Waals surface area contributed by atoms with Crippen LogP contribution in [0.3, 0.4) is 0 Å². The highest BCUT2D eigenvalue weighted by atomic mass is 16.5. The SMILES string of the molecule is Cc1cc(CN[C@H]2COC(=O)C2)c(OCc2cncc(C#N)c2)cc1OCc1cccc(-c2cccc(OCC3CCCN(C)C3)c2C)c1C. The van der Waals surface area contributed by atoms with E-state index in [0.717, 1.165) is 69.2 Å². The Bertz CT molecular complexity index is 1870. The molecule has 9 nitrogen and oxygen atoms in total. The molecule has 4 aromatic rings. The molecular weight excluding hydrogens is 628 g/mol. The number of hydrogen-bond donors (Lipinski definition) is 1. The fraction of sp³-hybridized carbons (Fsp3) is 0.390. The summed E-state index contributed by atoms with van der Waals surface area (Å²) in [6, 6.07) is 20.5. The highest BCUT2D eigenvalue weighted by Crippen LogP contribution is 2.35. The molecule has 2 atom stereocenters. The van der Waals surface area contributed by atoms with Gasteiger partial charge >= 0.3 is 5.97 Å². The number of piperidine rings is 1. The van der Waals surface area contributed by atoms with Gasteiger partial charge in [0.15, 0.2) is 0 Å². The van der Waals surface area contributed by atoms with Crippen molar-refractivity contribution in [2.24, 2.45) is 5.92 Å². The highest BCUT2D eigenvalue weighted by Gasteiger charge is 2.24. The number of rotatable bonds is 13. The molecule has 1 unspecified atom stereocenters. The third-order valence-corrected chi connectivity index (χ3v) is 9.72. The first-order valence-corrected chi connectivity index (χ1v) is 17.4. The molecule has 1 aromatic heterocycles. The predicted octanol–water partition coefficient (Wildman–Crippen LogP) is 6.83. The van der Waals surface area contributed by atoms with Crippen molar-refractivity contribution in [1.29, 1.82) is 5.26 Å². The van der Waals surface area contributed by atoms with E-state index >= 15 is 0 Å². The van der Waals surface area contributed by atoms with E-state index < -0.39 is 0 Å². The zero-order valence-electron chi connectivity index (χ0n) is 29.5. The van der Waals surface area contributed by atoms with Crippen LogP contribution in [0, 0.1) is 38.0 Å². The molecule has 0 aliphatic carbocycles. The molecule has 0 amide bonds.